The highest BCUT2D eigenvalue weighted by molar-refractivity contribution is 6.35. The van der Waals surface area contributed by atoms with Crippen molar-refractivity contribution in [3.8, 4) is 5.75 Å². The molecule has 16 heteroatoms. The molecular formula is C33H28Cl2F3N7O4. The summed E-state index contributed by atoms with van der Waals surface area (Å²) < 4.78 is 43.8. The molecule has 0 bridgehead atoms. The van der Waals surface area contributed by atoms with Crippen molar-refractivity contribution in [3.63, 3.8) is 0 Å². The Morgan fingerprint density at radius 2 is 1.67 bits per heavy atom. The van der Waals surface area contributed by atoms with Gasteiger partial charge in [0.25, 0.3) is 11.8 Å². The Balaban J connectivity index is 1.20. The Kier molecular flexibility index (Phi) is 7.59. The second-order valence-corrected chi connectivity index (χ2v) is 13.6. The summed E-state index contributed by atoms with van der Waals surface area (Å²) in [4.78, 5) is 52.1. The number of ether oxygens (including phenoxy) is 1. The van der Waals surface area contributed by atoms with E-state index in [4.69, 9.17) is 28.9 Å². The Bertz CT molecular complexity index is 1990. The summed E-state index contributed by atoms with van der Waals surface area (Å²) in [5.74, 6) is -1.50. The smallest absolute Gasteiger partial charge is 0.406 e. The first-order valence-electron chi connectivity index (χ1n) is 15.2. The summed E-state index contributed by atoms with van der Waals surface area (Å²) in [6.45, 7) is 1.60. The topological polar surface area (TPSA) is 144 Å². The first-order chi connectivity index (χ1) is 23.1. The van der Waals surface area contributed by atoms with E-state index in [0.717, 1.165) is 12.1 Å². The Morgan fingerprint density at radius 1 is 1.00 bits per heavy atom. The monoisotopic (exact) mass is 713 g/mol. The number of alkyl halides is 3. The highest BCUT2D eigenvalue weighted by Gasteiger charge is 2.57. The second kappa shape index (κ2) is 11.4. The van der Waals surface area contributed by atoms with Gasteiger partial charge in [0.15, 0.2) is 0 Å². The van der Waals surface area contributed by atoms with Crippen molar-refractivity contribution in [2.24, 2.45) is 0 Å². The van der Waals surface area contributed by atoms with Crippen molar-refractivity contribution in [2.45, 2.75) is 62.0 Å². The number of hydrogen-bond acceptors (Lipinski definition) is 7. The van der Waals surface area contributed by atoms with E-state index in [1.807, 2.05) is 0 Å². The van der Waals surface area contributed by atoms with Gasteiger partial charge >= 0.3 is 6.36 Å². The van der Waals surface area contributed by atoms with Gasteiger partial charge in [-0.15, -0.1) is 13.2 Å². The summed E-state index contributed by atoms with van der Waals surface area (Å²) in [5.41, 5.74) is 3.92. The van der Waals surface area contributed by atoms with Crippen LogP contribution < -0.4 is 26.0 Å². The van der Waals surface area contributed by atoms with E-state index in [-0.39, 0.29) is 34.0 Å². The van der Waals surface area contributed by atoms with Gasteiger partial charge in [-0.25, -0.2) is 14.9 Å². The van der Waals surface area contributed by atoms with Crippen molar-refractivity contribution >= 4 is 58.4 Å². The van der Waals surface area contributed by atoms with Crippen LogP contribution >= 0.6 is 23.2 Å². The quantitative estimate of drug-likeness (QED) is 0.200. The van der Waals surface area contributed by atoms with Crippen LogP contribution in [0.15, 0.2) is 66.9 Å². The van der Waals surface area contributed by atoms with Gasteiger partial charge in [-0.05, 0) is 80.6 Å². The van der Waals surface area contributed by atoms with Crippen molar-refractivity contribution in [1.82, 2.24) is 25.2 Å². The molecule has 0 radical (unpaired) electrons. The predicted octanol–water partition coefficient (Wildman–Crippen LogP) is 5.77. The molecule has 2 aromatic heterocycles. The Labute approximate surface area is 287 Å². The summed E-state index contributed by atoms with van der Waals surface area (Å²) in [7, 11) is 0. The minimum atomic E-state index is -4.87. The van der Waals surface area contributed by atoms with E-state index in [2.05, 4.69) is 25.3 Å². The van der Waals surface area contributed by atoms with Crippen molar-refractivity contribution in [3.05, 3.63) is 93.9 Å². The van der Waals surface area contributed by atoms with Crippen LogP contribution in [0.3, 0.4) is 0 Å². The van der Waals surface area contributed by atoms with Gasteiger partial charge < -0.3 is 21.1 Å². The molecule has 254 valence electrons. The van der Waals surface area contributed by atoms with E-state index in [1.54, 1.807) is 25.1 Å². The van der Waals surface area contributed by atoms with Gasteiger partial charge in [0.1, 0.15) is 28.3 Å². The number of nitrogens with one attached hydrogen (secondary N) is 2. The van der Waals surface area contributed by atoms with Crippen molar-refractivity contribution < 1.29 is 32.3 Å². The lowest BCUT2D eigenvalue weighted by Crippen LogP contribution is -2.52. The number of hydrogen-bond donors (Lipinski definition) is 3. The number of rotatable bonds is 9. The number of halogens is 5. The summed E-state index contributed by atoms with van der Waals surface area (Å²) in [5, 5.41) is 6.45. The number of nitrogens with zero attached hydrogens (tertiary/aromatic N) is 4. The highest BCUT2D eigenvalue weighted by Crippen LogP contribution is 2.48. The molecule has 0 spiro atoms. The van der Waals surface area contributed by atoms with Crippen LogP contribution in [0, 0.1) is 0 Å². The van der Waals surface area contributed by atoms with Gasteiger partial charge in [0.05, 0.1) is 23.1 Å². The lowest BCUT2D eigenvalue weighted by Gasteiger charge is -2.27. The van der Waals surface area contributed by atoms with E-state index in [1.165, 1.54) is 46.0 Å². The van der Waals surface area contributed by atoms with Crippen LogP contribution in [0.1, 0.15) is 54.4 Å². The van der Waals surface area contributed by atoms with E-state index >= 15 is 0 Å². The lowest BCUT2D eigenvalue weighted by molar-refractivity contribution is -0.274. The molecule has 2 aromatic carbocycles. The third-order valence-electron chi connectivity index (χ3n) is 9.05. The number of carbonyl (C=O) groups excluding carboxylic acids is 3. The molecule has 2 aliphatic carbocycles. The van der Waals surface area contributed by atoms with Crippen LogP contribution in [0.25, 0.3) is 0 Å². The average molecular weight is 715 g/mol. The maximum absolute atomic E-state index is 14.3. The van der Waals surface area contributed by atoms with Gasteiger partial charge in [-0.1, -0.05) is 41.4 Å². The zero-order chi connectivity index (χ0) is 34.9. The number of carbonyl (C=O) groups is 3. The molecule has 4 N–H and O–H groups in total. The third-order valence-corrected chi connectivity index (χ3v) is 9.48. The van der Waals surface area contributed by atoms with Crippen LogP contribution in [0.2, 0.25) is 10.0 Å². The molecule has 1 atom stereocenters. The van der Waals surface area contributed by atoms with E-state index in [9.17, 15) is 27.6 Å². The second-order valence-electron chi connectivity index (χ2n) is 12.7. The van der Waals surface area contributed by atoms with Crippen LogP contribution in [0.5, 0.6) is 5.75 Å². The summed E-state index contributed by atoms with van der Waals surface area (Å²) >= 11 is 12.5. The number of imidazole rings is 1. The molecule has 2 saturated carbocycles. The zero-order valence-corrected chi connectivity index (χ0v) is 27.3. The Morgan fingerprint density at radius 3 is 2.27 bits per heavy atom. The molecule has 3 heterocycles. The minimum Gasteiger partial charge on any atom is -0.406 e. The molecular weight excluding hydrogens is 686 g/mol. The third kappa shape index (κ3) is 6.03. The lowest BCUT2D eigenvalue weighted by atomic mass is 9.91. The standard InChI is InChI=1S/C33H28Cl2F3N7O4/c1-30(16-18-5-7-22(8-6-18)49-33(36,37)38)28(48)44(21-14-19(34)13-20(35)15-21)29-40-17-23(45(29)30)26(46)42-32(11-12-32)27(47)43-31(9-10-31)24-3-2-4-25(39)41-24/h2-8,13-15,17H,9-12,16H2,1H3,(H2,39,41)(H,42,46)(H,43,47)/t30-/m1/s1. The fraction of sp³-hybridized carbons (Fsp3) is 0.303. The van der Waals surface area contributed by atoms with Crippen molar-refractivity contribution in [2.75, 3.05) is 10.6 Å². The summed E-state index contributed by atoms with van der Waals surface area (Å²) in [6.07, 6.45) is -1.49. The summed E-state index contributed by atoms with van der Waals surface area (Å²) in [6, 6.07) is 14.9. The molecule has 0 saturated heterocycles. The molecule has 7 rings (SSSR count). The van der Waals surface area contributed by atoms with Crippen LogP contribution in [-0.4, -0.2) is 44.2 Å². The number of anilines is 3. The zero-order valence-electron chi connectivity index (χ0n) is 25.8. The molecule has 4 aromatic rings. The maximum Gasteiger partial charge on any atom is 0.573 e. The first kappa shape index (κ1) is 32.7. The van der Waals surface area contributed by atoms with Gasteiger partial charge in [-0.3, -0.25) is 19.0 Å². The molecule has 2 fully saturated rings. The first-order valence-corrected chi connectivity index (χ1v) is 16.0. The maximum atomic E-state index is 14.3. The molecule has 3 aliphatic rings. The molecule has 1 aliphatic heterocycles. The number of pyridine rings is 1. The average Bonchev–Trinajstić information content (AvgIpc) is 3.92. The number of fused-ring (bicyclic) bond motifs is 1. The van der Waals surface area contributed by atoms with Gasteiger partial charge in [0, 0.05) is 16.5 Å². The van der Waals surface area contributed by atoms with Crippen LogP contribution in [-0.2, 0) is 27.1 Å². The SMILES string of the molecule is C[C@@]1(Cc2ccc(OC(F)(F)F)cc2)C(=O)N(c2cc(Cl)cc(Cl)c2)c2ncc(C(=O)NC3(C(=O)NC4(c5cccc(N)n5)CC4)CC3)n21. The normalized spacial score (nSPS) is 20.0. The Hall–Kier alpha value is -4.82. The molecule has 0 unspecified atom stereocenters. The van der Waals surface area contributed by atoms with Crippen molar-refractivity contribution in [1.29, 1.82) is 0 Å². The highest BCUT2D eigenvalue weighted by atomic mass is 35.5. The van der Waals surface area contributed by atoms with E-state index in [0.29, 0.717) is 48.4 Å². The number of nitrogen functional groups attached to an aromatic ring is 1. The predicted molar refractivity (Wildman–Crippen MR) is 173 cm³/mol. The molecule has 3 amide bonds. The van der Waals surface area contributed by atoms with Gasteiger partial charge in [0.2, 0.25) is 11.9 Å². The number of benzene rings is 2. The van der Waals surface area contributed by atoms with Crippen LogP contribution in [0.4, 0.5) is 30.6 Å². The fourth-order valence-electron chi connectivity index (χ4n) is 6.28. The minimum absolute atomic E-state index is 0.00351. The molecule has 11 nitrogen and oxygen atoms in total. The van der Waals surface area contributed by atoms with Gasteiger partial charge in [-0.2, -0.15) is 0 Å². The largest absolute Gasteiger partial charge is 0.573 e. The number of nitrogens with two attached hydrogens (primary N) is 1. The molecule has 49 heavy (non-hydrogen) atoms. The number of aromatic nitrogens is 3. The number of amides is 3. The fourth-order valence-corrected chi connectivity index (χ4v) is 6.79. The van der Waals surface area contributed by atoms with E-state index < -0.39 is 40.5 Å².